The molecular formula is C27H27FN2O5. The molecule has 2 amide bonds. The van der Waals surface area contributed by atoms with E-state index in [2.05, 4.69) is 5.32 Å². The van der Waals surface area contributed by atoms with E-state index in [0.717, 1.165) is 16.9 Å². The molecule has 0 bridgehead atoms. The van der Waals surface area contributed by atoms with Gasteiger partial charge in [0.1, 0.15) is 24.3 Å². The molecule has 1 aliphatic heterocycles. The van der Waals surface area contributed by atoms with Crippen molar-refractivity contribution in [2.75, 3.05) is 25.6 Å². The van der Waals surface area contributed by atoms with Crippen LogP contribution >= 0.6 is 0 Å². The number of anilines is 1. The van der Waals surface area contributed by atoms with Crippen LogP contribution in [0.1, 0.15) is 22.8 Å². The van der Waals surface area contributed by atoms with Crippen molar-refractivity contribution < 1.29 is 28.6 Å². The second-order valence-corrected chi connectivity index (χ2v) is 8.37. The monoisotopic (exact) mass is 478 g/mol. The number of nitrogens with one attached hydrogen (secondary N) is 1. The number of carbonyl (C=O) groups is 2. The summed E-state index contributed by atoms with van der Waals surface area (Å²) < 4.78 is 23.8. The Kier molecular flexibility index (Phi) is 7.74. The number of amides is 2. The van der Waals surface area contributed by atoms with Gasteiger partial charge in [-0.05, 0) is 53.1 Å². The van der Waals surface area contributed by atoms with Crippen LogP contribution < -0.4 is 10.1 Å². The van der Waals surface area contributed by atoms with E-state index in [1.807, 2.05) is 12.1 Å². The highest BCUT2D eigenvalue weighted by atomic mass is 19.1. The zero-order valence-electron chi connectivity index (χ0n) is 19.3. The van der Waals surface area contributed by atoms with Crippen LogP contribution in [0.5, 0.6) is 5.75 Å². The number of rotatable bonds is 8. The standard InChI is InChI=1S/C27H27FN2O5/c1-34-23-12-4-18(5-13-23)14-25(31)29-22-10-6-20(7-11-22)27(33)24-16-35-17-26(32)30(24)15-19-2-8-21(28)9-3-19/h2-13,24,27,33H,14-17H2,1H3,(H,29,31)/t24-,27-/m1/s1. The van der Waals surface area contributed by atoms with Gasteiger partial charge in [-0.3, -0.25) is 9.59 Å². The molecule has 8 heteroatoms. The number of benzene rings is 3. The van der Waals surface area contributed by atoms with Crippen molar-refractivity contribution in [3.63, 3.8) is 0 Å². The lowest BCUT2D eigenvalue weighted by molar-refractivity contribution is -0.155. The van der Waals surface area contributed by atoms with Crippen molar-refractivity contribution in [3.8, 4) is 5.75 Å². The van der Waals surface area contributed by atoms with E-state index in [0.29, 0.717) is 11.3 Å². The molecule has 0 unspecified atom stereocenters. The first-order chi connectivity index (χ1) is 16.9. The lowest BCUT2D eigenvalue weighted by Gasteiger charge is -2.38. The first-order valence-electron chi connectivity index (χ1n) is 11.3. The van der Waals surface area contributed by atoms with Crippen molar-refractivity contribution in [2.24, 2.45) is 0 Å². The van der Waals surface area contributed by atoms with Gasteiger partial charge in [0.25, 0.3) is 0 Å². The first kappa shape index (κ1) is 24.4. The number of hydrogen-bond donors (Lipinski definition) is 2. The number of ether oxygens (including phenoxy) is 2. The van der Waals surface area contributed by atoms with Crippen LogP contribution in [0.3, 0.4) is 0 Å². The van der Waals surface area contributed by atoms with Crippen LogP contribution in [0.2, 0.25) is 0 Å². The van der Waals surface area contributed by atoms with Crippen LogP contribution in [-0.2, 0) is 27.3 Å². The predicted molar refractivity (Wildman–Crippen MR) is 128 cm³/mol. The lowest BCUT2D eigenvalue weighted by atomic mass is 9.99. The van der Waals surface area contributed by atoms with Gasteiger partial charge in [-0.2, -0.15) is 0 Å². The number of methoxy groups -OCH3 is 1. The number of nitrogens with zero attached hydrogens (tertiary/aromatic N) is 1. The summed E-state index contributed by atoms with van der Waals surface area (Å²) in [5.41, 5.74) is 2.80. The Morgan fingerprint density at radius 3 is 2.40 bits per heavy atom. The molecule has 0 spiro atoms. The summed E-state index contributed by atoms with van der Waals surface area (Å²) in [5, 5.41) is 13.9. The van der Waals surface area contributed by atoms with Gasteiger partial charge in [0.2, 0.25) is 11.8 Å². The normalized spacial score (nSPS) is 16.6. The molecule has 0 saturated carbocycles. The minimum absolute atomic E-state index is 0.0659. The summed E-state index contributed by atoms with van der Waals surface area (Å²) in [6.45, 7) is 0.349. The average Bonchev–Trinajstić information content (AvgIpc) is 2.87. The van der Waals surface area contributed by atoms with Crippen molar-refractivity contribution >= 4 is 17.5 Å². The van der Waals surface area contributed by atoms with E-state index in [9.17, 15) is 19.1 Å². The quantitative estimate of drug-likeness (QED) is 0.518. The molecule has 35 heavy (non-hydrogen) atoms. The van der Waals surface area contributed by atoms with Crippen LogP contribution in [0.4, 0.5) is 10.1 Å². The third kappa shape index (κ3) is 6.23. The number of aliphatic hydroxyl groups is 1. The van der Waals surface area contributed by atoms with Crippen LogP contribution in [-0.4, -0.2) is 48.2 Å². The fourth-order valence-corrected chi connectivity index (χ4v) is 4.00. The minimum atomic E-state index is -0.997. The molecule has 2 atom stereocenters. The second kappa shape index (κ2) is 11.1. The highest BCUT2D eigenvalue weighted by Gasteiger charge is 2.34. The molecule has 1 fully saturated rings. The molecule has 0 aromatic heterocycles. The Hall–Kier alpha value is -3.75. The van der Waals surface area contributed by atoms with Crippen LogP contribution in [0, 0.1) is 5.82 Å². The van der Waals surface area contributed by atoms with Gasteiger partial charge in [0.15, 0.2) is 0 Å². The maximum atomic E-state index is 13.2. The van der Waals surface area contributed by atoms with Gasteiger partial charge in [0.05, 0.1) is 26.2 Å². The molecule has 3 aromatic carbocycles. The van der Waals surface area contributed by atoms with Gasteiger partial charge >= 0.3 is 0 Å². The van der Waals surface area contributed by atoms with E-state index in [1.165, 1.54) is 12.1 Å². The third-order valence-corrected chi connectivity index (χ3v) is 5.93. The molecule has 7 nitrogen and oxygen atoms in total. The Labute approximate surface area is 203 Å². The van der Waals surface area contributed by atoms with E-state index >= 15 is 0 Å². The van der Waals surface area contributed by atoms with Gasteiger partial charge in [0, 0.05) is 12.2 Å². The van der Waals surface area contributed by atoms with E-state index in [4.69, 9.17) is 9.47 Å². The topological polar surface area (TPSA) is 88.1 Å². The summed E-state index contributed by atoms with van der Waals surface area (Å²) in [6.07, 6.45) is -0.780. The number of halogens is 1. The molecule has 3 aromatic rings. The summed E-state index contributed by atoms with van der Waals surface area (Å²) in [7, 11) is 1.59. The minimum Gasteiger partial charge on any atom is -0.497 e. The molecular weight excluding hydrogens is 451 g/mol. The van der Waals surface area contributed by atoms with Crippen molar-refractivity contribution in [1.29, 1.82) is 0 Å². The summed E-state index contributed by atoms with van der Waals surface area (Å²) in [4.78, 5) is 26.5. The number of hydrogen-bond acceptors (Lipinski definition) is 5. The largest absolute Gasteiger partial charge is 0.497 e. The van der Waals surface area contributed by atoms with Crippen molar-refractivity contribution in [1.82, 2.24) is 4.90 Å². The average molecular weight is 479 g/mol. The van der Waals surface area contributed by atoms with E-state index in [-0.39, 0.29) is 43.8 Å². The van der Waals surface area contributed by atoms with E-state index < -0.39 is 12.1 Å². The Morgan fingerprint density at radius 1 is 1.09 bits per heavy atom. The third-order valence-electron chi connectivity index (χ3n) is 5.93. The summed E-state index contributed by atoms with van der Waals surface area (Å²) >= 11 is 0. The maximum Gasteiger partial charge on any atom is 0.249 e. The Balaban J connectivity index is 1.39. The molecule has 0 aliphatic carbocycles. The lowest BCUT2D eigenvalue weighted by Crippen LogP contribution is -2.51. The number of aliphatic hydroxyl groups excluding tert-OH is 1. The zero-order chi connectivity index (χ0) is 24.8. The molecule has 1 saturated heterocycles. The highest BCUT2D eigenvalue weighted by molar-refractivity contribution is 5.92. The fourth-order valence-electron chi connectivity index (χ4n) is 4.00. The second-order valence-electron chi connectivity index (χ2n) is 8.37. The van der Waals surface area contributed by atoms with Crippen molar-refractivity contribution in [2.45, 2.75) is 25.1 Å². The predicted octanol–water partition coefficient (Wildman–Crippen LogP) is 3.48. The SMILES string of the molecule is COc1ccc(CC(=O)Nc2ccc([C@@H](O)[C@H]3COCC(=O)N3Cc3ccc(F)cc3)cc2)cc1. The molecule has 182 valence electrons. The van der Waals surface area contributed by atoms with Gasteiger partial charge < -0.3 is 24.8 Å². The first-order valence-corrected chi connectivity index (χ1v) is 11.3. The summed E-state index contributed by atoms with van der Waals surface area (Å²) in [5.74, 6) is -0.0355. The Morgan fingerprint density at radius 2 is 1.74 bits per heavy atom. The van der Waals surface area contributed by atoms with Crippen molar-refractivity contribution in [3.05, 3.63) is 95.3 Å². The van der Waals surface area contributed by atoms with Crippen LogP contribution in [0.25, 0.3) is 0 Å². The maximum absolute atomic E-state index is 13.2. The molecule has 2 N–H and O–H groups in total. The number of carbonyl (C=O) groups excluding carboxylic acids is 2. The zero-order valence-corrected chi connectivity index (χ0v) is 19.3. The Bertz CT molecular complexity index is 1150. The smallest absolute Gasteiger partial charge is 0.249 e. The van der Waals surface area contributed by atoms with E-state index in [1.54, 1.807) is 60.5 Å². The molecule has 1 aliphatic rings. The molecule has 1 heterocycles. The fraction of sp³-hybridized carbons (Fsp3) is 0.259. The summed E-state index contributed by atoms with van der Waals surface area (Å²) in [6, 6.07) is 19.4. The highest BCUT2D eigenvalue weighted by Crippen LogP contribution is 2.27. The molecule has 0 radical (unpaired) electrons. The van der Waals surface area contributed by atoms with Gasteiger partial charge in [-0.15, -0.1) is 0 Å². The number of morpholine rings is 1. The van der Waals surface area contributed by atoms with Crippen LogP contribution in [0.15, 0.2) is 72.8 Å². The molecule has 4 rings (SSSR count). The van der Waals surface area contributed by atoms with Gasteiger partial charge in [-0.1, -0.05) is 36.4 Å². The van der Waals surface area contributed by atoms with Gasteiger partial charge in [-0.25, -0.2) is 4.39 Å².